The molecule has 2 aromatic carbocycles. The average molecular weight is 448 g/mol. The SMILES string of the molecule is CCCOc1cccc([C@H]2C(=C(O)c3ccc(OC)cc3)C(=O)C(=O)N2c2cc(C)on2)c1. The Bertz CT molecular complexity index is 1210. The molecule has 170 valence electrons. The van der Waals surface area contributed by atoms with Gasteiger partial charge >= 0.3 is 5.91 Å². The molecule has 8 nitrogen and oxygen atoms in total. The molecule has 0 radical (unpaired) electrons. The van der Waals surface area contributed by atoms with Crippen molar-refractivity contribution in [1.82, 2.24) is 5.16 Å². The summed E-state index contributed by atoms with van der Waals surface area (Å²) in [5, 5.41) is 15.1. The Morgan fingerprint density at radius 1 is 1.12 bits per heavy atom. The van der Waals surface area contributed by atoms with Crippen LogP contribution in [0.5, 0.6) is 11.5 Å². The van der Waals surface area contributed by atoms with Gasteiger partial charge in [-0.3, -0.25) is 14.5 Å². The van der Waals surface area contributed by atoms with Gasteiger partial charge in [-0.2, -0.15) is 0 Å². The highest BCUT2D eigenvalue weighted by atomic mass is 16.5. The van der Waals surface area contributed by atoms with Gasteiger partial charge in [0, 0.05) is 11.6 Å². The molecule has 8 heteroatoms. The van der Waals surface area contributed by atoms with Crippen molar-refractivity contribution in [2.75, 3.05) is 18.6 Å². The zero-order valence-corrected chi connectivity index (χ0v) is 18.6. The van der Waals surface area contributed by atoms with Crippen LogP contribution in [-0.4, -0.2) is 35.7 Å². The maximum Gasteiger partial charge on any atom is 0.301 e. The van der Waals surface area contributed by atoms with E-state index in [4.69, 9.17) is 14.0 Å². The third-order valence-corrected chi connectivity index (χ3v) is 5.32. The minimum absolute atomic E-state index is 0.0431. The number of rotatable bonds is 7. The minimum atomic E-state index is -0.915. The van der Waals surface area contributed by atoms with Gasteiger partial charge in [-0.25, -0.2) is 0 Å². The summed E-state index contributed by atoms with van der Waals surface area (Å²) in [7, 11) is 1.54. The number of benzene rings is 2. The number of hydrogen-bond donors (Lipinski definition) is 1. The number of hydrogen-bond acceptors (Lipinski definition) is 7. The van der Waals surface area contributed by atoms with Gasteiger partial charge < -0.3 is 19.1 Å². The first-order chi connectivity index (χ1) is 15.9. The molecule has 0 saturated carbocycles. The van der Waals surface area contributed by atoms with E-state index in [-0.39, 0.29) is 17.2 Å². The average Bonchev–Trinajstić information content (AvgIpc) is 3.38. The van der Waals surface area contributed by atoms with Crippen LogP contribution in [0.2, 0.25) is 0 Å². The van der Waals surface area contributed by atoms with E-state index in [1.165, 1.54) is 12.0 Å². The second-order valence-corrected chi connectivity index (χ2v) is 7.61. The first-order valence-corrected chi connectivity index (χ1v) is 10.6. The maximum absolute atomic E-state index is 13.2. The number of aryl methyl sites for hydroxylation is 1. The molecule has 1 aliphatic rings. The molecule has 3 aromatic rings. The molecule has 0 unspecified atom stereocenters. The van der Waals surface area contributed by atoms with Gasteiger partial charge in [0.25, 0.3) is 5.78 Å². The fourth-order valence-electron chi connectivity index (χ4n) is 3.75. The third-order valence-electron chi connectivity index (χ3n) is 5.32. The molecule has 4 rings (SSSR count). The topological polar surface area (TPSA) is 102 Å². The Labute approximate surface area is 191 Å². The molecule has 0 spiro atoms. The minimum Gasteiger partial charge on any atom is -0.507 e. The number of nitrogens with zero attached hydrogens (tertiary/aromatic N) is 2. The van der Waals surface area contributed by atoms with Gasteiger partial charge in [-0.05, 0) is 55.3 Å². The predicted octanol–water partition coefficient (Wildman–Crippen LogP) is 4.41. The number of aliphatic hydroxyl groups excluding tert-OH is 1. The molecule has 33 heavy (non-hydrogen) atoms. The second kappa shape index (κ2) is 9.20. The Hall–Kier alpha value is -4.07. The van der Waals surface area contributed by atoms with Crippen LogP contribution in [-0.2, 0) is 9.59 Å². The zero-order chi connectivity index (χ0) is 23.5. The van der Waals surface area contributed by atoms with Crippen LogP contribution >= 0.6 is 0 Å². The van der Waals surface area contributed by atoms with Crippen molar-refractivity contribution in [1.29, 1.82) is 0 Å². The molecule has 1 saturated heterocycles. The molecule has 1 atom stereocenters. The van der Waals surface area contributed by atoms with Crippen LogP contribution in [0, 0.1) is 6.92 Å². The van der Waals surface area contributed by atoms with Crippen molar-refractivity contribution in [2.45, 2.75) is 26.3 Å². The third kappa shape index (κ3) is 4.19. The number of carbonyl (C=O) groups is 2. The molecule has 0 bridgehead atoms. The van der Waals surface area contributed by atoms with Crippen molar-refractivity contribution in [2.24, 2.45) is 0 Å². The number of anilines is 1. The van der Waals surface area contributed by atoms with Crippen molar-refractivity contribution in [3.8, 4) is 11.5 Å². The lowest BCUT2D eigenvalue weighted by Crippen LogP contribution is -2.29. The second-order valence-electron chi connectivity index (χ2n) is 7.61. The van der Waals surface area contributed by atoms with E-state index in [1.807, 2.05) is 6.92 Å². The summed E-state index contributed by atoms with van der Waals surface area (Å²) in [5.41, 5.74) is 0.936. The monoisotopic (exact) mass is 448 g/mol. The fraction of sp³-hybridized carbons (Fsp3) is 0.240. The molecule has 1 aromatic heterocycles. The van der Waals surface area contributed by atoms with Crippen molar-refractivity contribution < 1.29 is 28.7 Å². The molecular formula is C25H24N2O6. The van der Waals surface area contributed by atoms with Crippen molar-refractivity contribution in [3.05, 3.63) is 77.1 Å². The number of methoxy groups -OCH3 is 1. The molecular weight excluding hydrogens is 424 g/mol. The number of ether oxygens (including phenoxy) is 2. The summed E-state index contributed by atoms with van der Waals surface area (Å²) < 4.78 is 16.1. The highest BCUT2D eigenvalue weighted by Gasteiger charge is 2.48. The van der Waals surface area contributed by atoms with E-state index in [2.05, 4.69) is 5.16 Å². The largest absolute Gasteiger partial charge is 0.507 e. The van der Waals surface area contributed by atoms with Gasteiger partial charge in [0.05, 0.1) is 25.3 Å². The first-order valence-electron chi connectivity index (χ1n) is 10.6. The smallest absolute Gasteiger partial charge is 0.301 e. The number of carbonyl (C=O) groups excluding carboxylic acids is 2. The van der Waals surface area contributed by atoms with Gasteiger partial charge in [0.1, 0.15) is 23.0 Å². The zero-order valence-electron chi connectivity index (χ0n) is 18.6. The van der Waals surface area contributed by atoms with E-state index in [1.54, 1.807) is 61.5 Å². The summed E-state index contributed by atoms with van der Waals surface area (Å²) in [6.45, 7) is 4.22. The van der Waals surface area contributed by atoms with E-state index >= 15 is 0 Å². The molecule has 1 fully saturated rings. The van der Waals surface area contributed by atoms with E-state index in [0.717, 1.165) is 6.42 Å². The first kappa shape index (κ1) is 22.1. The van der Waals surface area contributed by atoms with Gasteiger partial charge in [-0.1, -0.05) is 24.2 Å². The lowest BCUT2D eigenvalue weighted by molar-refractivity contribution is -0.132. The van der Waals surface area contributed by atoms with E-state index in [9.17, 15) is 14.7 Å². The van der Waals surface area contributed by atoms with Crippen LogP contribution < -0.4 is 14.4 Å². The number of aliphatic hydroxyl groups is 1. The van der Waals surface area contributed by atoms with Crippen LogP contribution in [0.15, 0.2) is 64.7 Å². The standard InChI is InChI=1S/C25H24N2O6/c1-4-12-32-19-7-5-6-17(14-19)22-21(23(28)16-8-10-18(31-3)11-9-16)24(29)25(30)27(22)20-13-15(2)33-26-20/h5-11,13-14,22,28H,4,12H2,1-3H3/t22-/m0/s1. The quantitative estimate of drug-likeness (QED) is 0.325. The summed E-state index contributed by atoms with van der Waals surface area (Å²) >= 11 is 0. The number of Topliss-reactive ketones (excluding diaryl/α,β-unsaturated/α-hetero) is 1. The summed E-state index contributed by atoms with van der Waals surface area (Å²) in [6.07, 6.45) is 0.832. The molecule has 1 amide bonds. The lowest BCUT2D eigenvalue weighted by Gasteiger charge is -2.23. The van der Waals surface area contributed by atoms with Crippen LogP contribution in [0.25, 0.3) is 5.76 Å². The number of aromatic nitrogens is 1. The molecule has 1 aliphatic heterocycles. The fourth-order valence-corrected chi connectivity index (χ4v) is 3.75. The van der Waals surface area contributed by atoms with Gasteiger partial charge in [-0.15, -0.1) is 0 Å². The van der Waals surface area contributed by atoms with Gasteiger partial charge in [0.2, 0.25) is 0 Å². The Morgan fingerprint density at radius 2 is 1.88 bits per heavy atom. The van der Waals surface area contributed by atoms with Crippen molar-refractivity contribution in [3.63, 3.8) is 0 Å². The summed E-state index contributed by atoms with van der Waals surface area (Å²) in [5.74, 6) is -0.0297. The van der Waals surface area contributed by atoms with Crippen LogP contribution in [0.1, 0.15) is 36.3 Å². The molecule has 2 heterocycles. The van der Waals surface area contributed by atoms with Crippen LogP contribution in [0.3, 0.4) is 0 Å². The van der Waals surface area contributed by atoms with E-state index in [0.29, 0.717) is 35.0 Å². The summed E-state index contributed by atoms with van der Waals surface area (Å²) in [6, 6.07) is 14.4. The van der Waals surface area contributed by atoms with E-state index < -0.39 is 17.7 Å². The molecule has 1 N–H and O–H groups in total. The number of ketones is 1. The predicted molar refractivity (Wildman–Crippen MR) is 121 cm³/mol. The van der Waals surface area contributed by atoms with Crippen LogP contribution in [0.4, 0.5) is 5.82 Å². The van der Waals surface area contributed by atoms with Gasteiger partial charge in [0.15, 0.2) is 5.82 Å². The summed E-state index contributed by atoms with van der Waals surface area (Å²) in [4.78, 5) is 27.5. The highest BCUT2D eigenvalue weighted by Crippen LogP contribution is 2.42. The van der Waals surface area contributed by atoms with Crippen molar-refractivity contribution >= 4 is 23.3 Å². The Balaban J connectivity index is 1.88. The lowest BCUT2D eigenvalue weighted by atomic mass is 9.95. The Morgan fingerprint density at radius 3 is 2.52 bits per heavy atom. The molecule has 0 aliphatic carbocycles. The highest BCUT2D eigenvalue weighted by molar-refractivity contribution is 6.51. The normalized spacial score (nSPS) is 17.4. The Kier molecular flexibility index (Phi) is 6.17. The maximum atomic E-state index is 13.2. The number of amides is 1.